The fourth-order valence-electron chi connectivity index (χ4n) is 8.18. The molecule has 4 nitrogen and oxygen atoms in total. The number of alkyl halides is 3. The number of rotatable bonds is 2. The predicted molar refractivity (Wildman–Crippen MR) is 153 cm³/mol. The SMILES string of the molecule is C[C@]12CC(c3ccc(C#Cc4cccc(S(C)(=O)=O)c4)cc3)C3=C4CCC(=O)C=C4CCC3C1CC[C@@]2(O)C(F)(F)F. The van der Waals surface area contributed by atoms with Gasteiger partial charge in [-0.05, 0) is 103 Å². The number of hydrogen-bond acceptors (Lipinski definition) is 4. The molecule has 2 fully saturated rings. The van der Waals surface area contributed by atoms with Gasteiger partial charge in [0.2, 0.25) is 0 Å². The number of aliphatic hydroxyl groups is 1. The molecule has 2 aromatic rings. The second kappa shape index (κ2) is 9.96. The Kier molecular flexibility index (Phi) is 6.86. The molecule has 4 aliphatic rings. The van der Waals surface area contributed by atoms with Crippen LogP contribution in [0.5, 0.6) is 0 Å². The standard InChI is InChI=1S/C34H33F3O4S/c1-32-20-29(23-10-8-21(9-11-23)6-7-22-4-3-5-26(18-22)42(2,40)41)31-27-15-13-25(38)19-24(27)12-14-28(31)30(32)16-17-33(32,39)34(35,36)37/h3-5,8-11,18-19,28-30,39H,12-17,20H2,1-2H3/t28?,29?,30?,32-,33-/m0/s1. The van der Waals surface area contributed by atoms with Crippen LogP contribution < -0.4 is 0 Å². The Morgan fingerprint density at radius 3 is 2.38 bits per heavy atom. The molecule has 0 bridgehead atoms. The van der Waals surface area contributed by atoms with Gasteiger partial charge in [-0.15, -0.1) is 0 Å². The van der Waals surface area contributed by atoms with Crippen molar-refractivity contribution in [2.45, 2.75) is 74.5 Å². The smallest absolute Gasteiger partial charge is 0.380 e. The van der Waals surface area contributed by atoms with Crippen molar-refractivity contribution in [1.29, 1.82) is 0 Å². The summed E-state index contributed by atoms with van der Waals surface area (Å²) in [7, 11) is -3.36. The number of ketones is 1. The van der Waals surface area contributed by atoms with E-state index in [1.165, 1.54) is 12.1 Å². The van der Waals surface area contributed by atoms with Crippen LogP contribution in [0.1, 0.15) is 74.5 Å². The van der Waals surface area contributed by atoms with Gasteiger partial charge in [-0.2, -0.15) is 13.2 Å². The molecule has 42 heavy (non-hydrogen) atoms. The number of benzene rings is 2. The molecule has 0 radical (unpaired) electrons. The molecule has 0 amide bonds. The summed E-state index contributed by atoms with van der Waals surface area (Å²) in [6.07, 6.45) is 0.723. The van der Waals surface area contributed by atoms with Gasteiger partial charge in [0.1, 0.15) is 0 Å². The van der Waals surface area contributed by atoms with Crippen LogP contribution in [0.3, 0.4) is 0 Å². The molecule has 2 aromatic carbocycles. The van der Waals surface area contributed by atoms with E-state index in [1.54, 1.807) is 25.1 Å². The lowest BCUT2D eigenvalue weighted by molar-refractivity contribution is -0.299. The minimum atomic E-state index is -4.73. The van der Waals surface area contributed by atoms with Gasteiger partial charge < -0.3 is 5.11 Å². The van der Waals surface area contributed by atoms with Gasteiger partial charge in [-0.1, -0.05) is 42.5 Å². The third-order valence-electron chi connectivity index (χ3n) is 10.3. The second-order valence-electron chi connectivity index (χ2n) is 12.6. The molecule has 5 atom stereocenters. The van der Waals surface area contributed by atoms with E-state index in [2.05, 4.69) is 11.8 Å². The highest BCUT2D eigenvalue weighted by Crippen LogP contribution is 2.69. The van der Waals surface area contributed by atoms with Crippen LogP contribution in [0.25, 0.3) is 0 Å². The number of halogens is 3. The topological polar surface area (TPSA) is 71.4 Å². The Balaban J connectivity index is 1.40. The van der Waals surface area contributed by atoms with E-state index >= 15 is 0 Å². The van der Waals surface area contributed by atoms with Crippen molar-refractivity contribution in [1.82, 2.24) is 0 Å². The summed E-state index contributed by atoms with van der Waals surface area (Å²) in [6, 6.07) is 13.9. The lowest BCUT2D eigenvalue weighted by Crippen LogP contribution is -2.58. The van der Waals surface area contributed by atoms with Crippen LogP contribution in [0.2, 0.25) is 0 Å². The average molecular weight is 595 g/mol. The highest BCUT2D eigenvalue weighted by atomic mass is 32.2. The van der Waals surface area contributed by atoms with Gasteiger partial charge in [0.15, 0.2) is 21.2 Å². The molecule has 3 unspecified atom stereocenters. The monoisotopic (exact) mass is 594 g/mol. The van der Waals surface area contributed by atoms with Crippen molar-refractivity contribution in [2.75, 3.05) is 6.26 Å². The Morgan fingerprint density at radius 2 is 1.69 bits per heavy atom. The van der Waals surface area contributed by atoms with Crippen LogP contribution >= 0.6 is 0 Å². The number of carbonyl (C=O) groups excluding carboxylic acids is 1. The quantitative estimate of drug-likeness (QED) is 0.394. The summed E-state index contributed by atoms with van der Waals surface area (Å²) >= 11 is 0. The molecule has 6 rings (SSSR count). The first-order chi connectivity index (χ1) is 19.7. The van der Waals surface area contributed by atoms with E-state index < -0.39 is 27.0 Å². The largest absolute Gasteiger partial charge is 0.417 e. The normalized spacial score (nSPS) is 31.0. The molecule has 4 aliphatic carbocycles. The predicted octanol–water partition coefficient (Wildman–Crippen LogP) is 6.68. The molecule has 0 aromatic heterocycles. The average Bonchev–Trinajstić information content (AvgIpc) is 3.22. The summed E-state index contributed by atoms with van der Waals surface area (Å²) in [5.41, 5.74) is 1.36. The molecule has 0 aliphatic heterocycles. The number of carbonyl (C=O) groups is 1. The highest BCUT2D eigenvalue weighted by Gasteiger charge is 2.72. The van der Waals surface area contributed by atoms with E-state index in [9.17, 15) is 31.5 Å². The van der Waals surface area contributed by atoms with E-state index in [1.807, 2.05) is 24.3 Å². The van der Waals surface area contributed by atoms with Crippen molar-refractivity contribution in [3.05, 3.63) is 88.0 Å². The van der Waals surface area contributed by atoms with E-state index in [0.717, 1.165) is 28.5 Å². The van der Waals surface area contributed by atoms with Crippen molar-refractivity contribution in [3.8, 4) is 11.8 Å². The first kappa shape index (κ1) is 28.9. The van der Waals surface area contributed by atoms with Crippen molar-refractivity contribution < 1.29 is 31.5 Å². The Hall–Kier alpha value is -3.15. The molecule has 2 saturated carbocycles. The van der Waals surface area contributed by atoms with Crippen LogP contribution in [0, 0.1) is 29.1 Å². The van der Waals surface area contributed by atoms with Gasteiger partial charge in [-0.25, -0.2) is 8.42 Å². The maximum Gasteiger partial charge on any atom is 0.417 e. The maximum absolute atomic E-state index is 14.4. The fraction of sp³-hybridized carbons (Fsp3) is 0.441. The molecule has 1 N–H and O–H groups in total. The second-order valence-corrected chi connectivity index (χ2v) is 14.6. The van der Waals surface area contributed by atoms with E-state index in [0.29, 0.717) is 43.2 Å². The van der Waals surface area contributed by atoms with Gasteiger partial charge in [0, 0.05) is 35.1 Å². The third-order valence-corrected chi connectivity index (χ3v) is 11.4. The number of allylic oxidation sites excluding steroid dienone is 4. The van der Waals surface area contributed by atoms with Crippen LogP contribution in [0.15, 0.2) is 76.2 Å². The molecule has 220 valence electrons. The molecule has 0 spiro atoms. The molecule has 0 heterocycles. The first-order valence-electron chi connectivity index (χ1n) is 14.4. The van der Waals surface area contributed by atoms with Gasteiger partial charge in [0.05, 0.1) is 4.90 Å². The summed E-state index contributed by atoms with van der Waals surface area (Å²) in [4.78, 5) is 12.4. The molecule has 0 saturated heterocycles. The third kappa shape index (κ3) is 4.66. The van der Waals surface area contributed by atoms with Crippen LogP contribution in [0.4, 0.5) is 13.2 Å². The molecular weight excluding hydrogens is 561 g/mol. The zero-order chi connectivity index (χ0) is 30.1. The van der Waals surface area contributed by atoms with Crippen LogP contribution in [-0.4, -0.2) is 37.3 Å². The van der Waals surface area contributed by atoms with Crippen molar-refractivity contribution in [2.24, 2.45) is 17.3 Å². The fourth-order valence-corrected chi connectivity index (χ4v) is 8.84. The van der Waals surface area contributed by atoms with E-state index in [4.69, 9.17) is 0 Å². The zero-order valence-electron chi connectivity index (χ0n) is 23.6. The van der Waals surface area contributed by atoms with E-state index in [-0.39, 0.29) is 41.3 Å². The van der Waals surface area contributed by atoms with Crippen LogP contribution in [-0.2, 0) is 14.6 Å². The summed E-state index contributed by atoms with van der Waals surface area (Å²) < 4.78 is 67.1. The minimum absolute atomic E-state index is 0.0768. The van der Waals surface area contributed by atoms with Crippen molar-refractivity contribution >= 4 is 15.6 Å². The molecular formula is C34H33F3O4S. The number of sulfone groups is 1. The molecule has 8 heteroatoms. The van der Waals surface area contributed by atoms with Crippen molar-refractivity contribution in [3.63, 3.8) is 0 Å². The summed E-state index contributed by atoms with van der Waals surface area (Å²) in [5, 5.41) is 11.2. The lowest BCUT2D eigenvalue weighted by Gasteiger charge is -2.55. The Morgan fingerprint density at radius 1 is 0.976 bits per heavy atom. The minimum Gasteiger partial charge on any atom is -0.380 e. The summed E-state index contributed by atoms with van der Waals surface area (Å²) in [6.45, 7) is 1.63. The lowest BCUT2D eigenvalue weighted by atomic mass is 9.51. The van der Waals surface area contributed by atoms with Gasteiger partial charge >= 0.3 is 6.18 Å². The highest BCUT2D eigenvalue weighted by molar-refractivity contribution is 7.90. The van der Waals surface area contributed by atoms with Gasteiger partial charge in [-0.3, -0.25) is 4.79 Å². The van der Waals surface area contributed by atoms with Gasteiger partial charge in [0.25, 0.3) is 0 Å². The maximum atomic E-state index is 14.4. The first-order valence-corrected chi connectivity index (χ1v) is 16.3. The Bertz CT molecular complexity index is 1690. The zero-order valence-corrected chi connectivity index (χ0v) is 24.4. The summed E-state index contributed by atoms with van der Waals surface area (Å²) in [5.74, 6) is 5.49. The Labute approximate surface area is 244 Å². The number of fused-ring (bicyclic) bond motifs is 4. The number of hydrogen-bond donors (Lipinski definition) is 1.